The lowest BCUT2D eigenvalue weighted by molar-refractivity contribution is 0.0474. The van der Waals surface area contributed by atoms with Crippen molar-refractivity contribution < 1.29 is 22.7 Å². The van der Waals surface area contributed by atoms with Crippen LogP contribution >= 0.6 is 0 Å². The van der Waals surface area contributed by atoms with Gasteiger partial charge in [-0.3, -0.25) is 4.79 Å². The van der Waals surface area contributed by atoms with Crippen LogP contribution < -0.4 is 0 Å². The zero-order valence-corrected chi connectivity index (χ0v) is 17.2. The molecule has 1 aliphatic rings. The van der Waals surface area contributed by atoms with Gasteiger partial charge in [-0.25, -0.2) is 17.9 Å². The largest absolute Gasteiger partial charge is 0.454 e. The van der Waals surface area contributed by atoms with Crippen molar-refractivity contribution in [3.8, 4) is 5.69 Å². The Kier molecular flexibility index (Phi) is 5.87. The van der Waals surface area contributed by atoms with Crippen LogP contribution in [0.1, 0.15) is 33.6 Å². The number of nitrogens with zero attached hydrogens (tertiary/aromatic N) is 5. The summed E-state index contributed by atoms with van der Waals surface area (Å²) in [6.07, 6.45) is 3.08. The van der Waals surface area contributed by atoms with Gasteiger partial charge in [0.1, 0.15) is 6.33 Å². The summed E-state index contributed by atoms with van der Waals surface area (Å²) in [6.45, 7) is 0.549. The summed E-state index contributed by atoms with van der Waals surface area (Å²) in [5, 5.41) is 10.8. The van der Waals surface area contributed by atoms with Crippen LogP contribution in [0, 0.1) is 0 Å². The summed E-state index contributed by atoms with van der Waals surface area (Å²) in [6, 6.07) is 12.1. The van der Waals surface area contributed by atoms with Gasteiger partial charge in [0.15, 0.2) is 12.4 Å². The van der Waals surface area contributed by atoms with Gasteiger partial charge < -0.3 is 4.74 Å². The second-order valence-corrected chi connectivity index (χ2v) is 8.88. The van der Waals surface area contributed by atoms with E-state index in [9.17, 15) is 18.0 Å². The molecule has 4 rings (SSSR count). The van der Waals surface area contributed by atoms with Gasteiger partial charge >= 0.3 is 5.97 Å². The molecule has 0 unspecified atom stereocenters. The molecule has 0 aliphatic carbocycles. The number of Topliss-reactive ketones (excluding diaryl/α,β-unsaturated/α-hetero) is 1. The van der Waals surface area contributed by atoms with Gasteiger partial charge in [0.25, 0.3) is 0 Å². The third kappa shape index (κ3) is 4.52. The number of benzene rings is 2. The molecule has 160 valence electrons. The Bertz CT molecular complexity index is 1190. The van der Waals surface area contributed by atoms with Crippen LogP contribution in [-0.4, -0.2) is 64.4 Å². The monoisotopic (exact) mass is 441 g/mol. The normalized spacial score (nSPS) is 14.5. The van der Waals surface area contributed by atoms with Gasteiger partial charge in [-0.05, 0) is 65.7 Å². The summed E-state index contributed by atoms with van der Waals surface area (Å²) in [7, 11) is -3.55. The summed E-state index contributed by atoms with van der Waals surface area (Å²) in [5.74, 6) is -1.10. The fraction of sp³-hybridized carbons (Fsp3) is 0.250. The molecule has 11 heteroatoms. The standard InChI is InChI=1S/C20H19N5O5S/c26-19(15-6-8-18(9-7-15)31(28,29)24-10-1-2-11-24)13-30-20(27)16-4-3-5-17(12-16)25-14-21-22-23-25/h3-9,12,14H,1-2,10-11,13H2. The first-order valence-electron chi connectivity index (χ1n) is 9.59. The Morgan fingerprint density at radius 1 is 1.00 bits per heavy atom. The van der Waals surface area contributed by atoms with Crippen LogP contribution in [-0.2, 0) is 14.8 Å². The minimum Gasteiger partial charge on any atom is -0.454 e. The van der Waals surface area contributed by atoms with E-state index in [0.717, 1.165) is 12.8 Å². The fourth-order valence-electron chi connectivity index (χ4n) is 3.24. The van der Waals surface area contributed by atoms with E-state index >= 15 is 0 Å². The summed E-state index contributed by atoms with van der Waals surface area (Å²) < 4.78 is 33.1. The van der Waals surface area contributed by atoms with Gasteiger partial charge in [0.2, 0.25) is 10.0 Å². The van der Waals surface area contributed by atoms with Crippen LogP contribution in [0.4, 0.5) is 0 Å². The molecule has 0 saturated carbocycles. The number of carbonyl (C=O) groups excluding carboxylic acids is 2. The highest BCUT2D eigenvalue weighted by molar-refractivity contribution is 7.89. The van der Waals surface area contributed by atoms with E-state index in [1.54, 1.807) is 24.3 Å². The number of hydrogen-bond acceptors (Lipinski definition) is 8. The third-order valence-corrected chi connectivity index (χ3v) is 6.82. The predicted octanol–water partition coefficient (Wildman–Crippen LogP) is 1.49. The van der Waals surface area contributed by atoms with Crippen LogP contribution in [0.15, 0.2) is 59.8 Å². The molecule has 1 saturated heterocycles. The lowest BCUT2D eigenvalue weighted by atomic mass is 10.1. The van der Waals surface area contributed by atoms with Crippen molar-refractivity contribution in [2.45, 2.75) is 17.7 Å². The highest BCUT2D eigenvalue weighted by atomic mass is 32.2. The van der Waals surface area contributed by atoms with Crippen molar-refractivity contribution in [2.24, 2.45) is 0 Å². The predicted molar refractivity (Wildman–Crippen MR) is 108 cm³/mol. The maximum atomic E-state index is 12.6. The Morgan fingerprint density at radius 2 is 1.74 bits per heavy atom. The molecule has 1 fully saturated rings. The topological polar surface area (TPSA) is 124 Å². The number of esters is 1. The van der Waals surface area contributed by atoms with Crippen LogP contribution in [0.2, 0.25) is 0 Å². The van der Waals surface area contributed by atoms with E-state index in [1.165, 1.54) is 39.6 Å². The van der Waals surface area contributed by atoms with Crippen LogP contribution in [0.5, 0.6) is 0 Å². The molecule has 10 nitrogen and oxygen atoms in total. The second-order valence-electron chi connectivity index (χ2n) is 6.94. The first-order valence-corrected chi connectivity index (χ1v) is 11.0. The molecule has 0 N–H and O–H groups in total. The van der Waals surface area contributed by atoms with Crippen molar-refractivity contribution in [1.82, 2.24) is 24.5 Å². The minimum absolute atomic E-state index is 0.141. The molecular formula is C20H19N5O5S. The number of sulfonamides is 1. The van der Waals surface area contributed by atoms with Crippen molar-refractivity contribution in [1.29, 1.82) is 0 Å². The number of rotatable bonds is 7. The smallest absolute Gasteiger partial charge is 0.338 e. The quantitative estimate of drug-likeness (QED) is 0.399. The van der Waals surface area contributed by atoms with Gasteiger partial charge in [0, 0.05) is 18.7 Å². The Hall–Kier alpha value is -3.44. The molecule has 2 heterocycles. The van der Waals surface area contributed by atoms with Gasteiger partial charge in [-0.2, -0.15) is 4.31 Å². The summed E-state index contributed by atoms with van der Waals surface area (Å²) in [5.41, 5.74) is 1.07. The number of aromatic nitrogens is 4. The SMILES string of the molecule is O=C(COC(=O)c1cccc(-n2cnnn2)c1)c1ccc(S(=O)(=O)N2CCCC2)cc1. The van der Waals surface area contributed by atoms with E-state index in [0.29, 0.717) is 18.8 Å². The molecule has 3 aromatic rings. The molecule has 0 bridgehead atoms. The highest BCUT2D eigenvalue weighted by Gasteiger charge is 2.27. The number of tetrazole rings is 1. The molecule has 0 radical (unpaired) electrons. The fourth-order valence-corrected chi connectivity index (χ4v) is 4.76. The van der Waals surface area contributed by atoms with E-state index in [1.807, 2.05) is 0 Å². The minimum atomic E-state index is -3.55. The van der Waals surface area contributed by atoms with Gasteiger partial charge in [-0.1, -0.05) is 6.07 Å². The zero-order valence-electron chi connectivity index (χ0n) is 16.4. The van der Waals surface area contributed by atoms with Crippen molar-refractivity contribution in [2.75, 3.05) is 19.7 Å². The van der Waals surface area contributed by atoms with Crippen molar-refractivity contribution in [3.05, 3.63) is 66.0 Å². The maximum Gasteiger partial charge on any atom is 0.338 e. The number of hydrogen-bond donors (Lipinski definition) is 0. The lowest BCUT2D eigenvalue weighted by Gasteiger charge is -2.15. The molecule has 31 heavy (non-hydrogen) atoms. The third-order valence-electron chi connectivity index (χ3n) is 4.91. The van der Waals surface area contributed by atoms with Gasteiger partial charge in [0.05, 0.1) is 16.1 Å². The maximum absolute atomic E-state index is 12.6. The number of ether oxygens (including phenoxy) is 1. The molecule has 1 aliphatic heterocycles. The lowest BCUT2D eigenvalue weighted by Crippen LogP contribution is -2.27. The van der Waals surface area contributed by atoms with Gasteiger partial charge in [-0.15, -0.1) is 5.10 Å². The number of ketones is 1. The first-order chi connectivity index (χ1) is 14.9. The van der Waals surface area contributed by atoms with E-state index < -0.39 is 28.4 Å². The van der Waals surface area contributed by atoms with Crippen molar-refractivity contribution >= 4 is 21.8 Å². The van der Waals surface area contributed by atoms with E-state index in [2.05, 4.69) is 15.5 Å². The molecule has 0 amide bonds. The Balaban J connectivity index is 1.39. The molecule has 2 aromatic carbocycles. The second kappa shape index (κ2) is 8.74. The molecular weight excluding hydrogens is 422 g/mol. The van der Waals surface area contributed by atoms with Crippen LogP contribution in [0.25, 0.3) is 5.69 Å². The summed E-state index contributed by atoms with van der Waals surface area (Å²) >= 11 is 0. The first kappa shape index (κ1) is 20.8. The van der Waals surface area contributed by atoms with E-state index in [4.69, 9.17) is 4.74 Å². The Morgan fingerprint density at radius 3 is 2.42 bits per heavy atom. The summed E-state index contributed by atoms with van der Waals surface area (Å²) in [4.78, 5) is 24.8. The van der Waals surface area contributed by atoms with Crippen LogP contribution in [0.3, 0.4) is 0 Å². The average Bonchev–Trinajstić information content (AvgIpc) is 3.52. The number of carbonyl (C=O) groups is 2. The molecule has 0 spiro atoms. The molecule has 0 atom stereocenters. The molecule has 1 aromatic heterocycles. The average molecular weight is 441 g/mol. The van der Waals surface area contributed by atoms with E-state index in [-0.39, 0.29) is 16.0 Å². The Labute approximate surface area is 178 Å². The van der Waals surface area contributed by atoms with Crippen molar-refractivity contribution in [3.63, 3.8) is 0 Å². The highest BCUT2D eigenvalue weighted by Crippen LogP contribution is 2.21. The zero-order chi connectivity index (χ0) is 21.8.